The zero-order valence-electron chi connectivity index (χ0n) is 12.6. The molecule has 0 atom stereocenters. The Morgan fingerprint density at radius 3 is 2.62 bits per heavy atom. The van der Waals surface area contributed by atoms with Crippen LogP contribution in [0.3, 0.4) is 0 Å². The van der Waals surface area contributed by atoms with Crippen molar-refractivity contribution in [2.24, 2.45) is 0 Å². The van der Waals surface area contributed by atoms with Crippen LogP contribution in [-0.2, 0) is 11.3 Å². The van der Waals surface area contributed by atoms with Crippen LogP contribution in [0.2, 0.25) is 0 Å². The fraction of sp³-hybridized carbons (Fsp3) is 0.235. The zero-order chi connectivity index (χ0) is 15.2. The molecule has 1 amide bonds. The number of benzene rings is 2. The van der Waals surface area contributed by atoms with E-state index in [1.165, 1.54) is 0 Å². The summed E-state index contributed by atoms with van der Waals surface area (Å²) in [5, 5.41) is 6.00. The molecule has 2 aromatic carbocycles. The number of nitrogens with one attached hydrogen (secondary N) is 2. The van der Waals surface area contributed by atoms with Crippen molar-refractivity contribution in [1.29, 1.82) is 0 Å². The van der Waals surface area contributed by atoms with Crippen molar-refractivity contribution in [2.45, 2.75) is 13.5 Å². The molecule has 21 heavy (non-hydrogen) atoms. The van der Waals surface area contributed by atoms with Gasteiger partial charge < -0.3 is 15.4 Å². The molecule has 0 aliphatic carbocycles. The van der Waals surface area contributed by atoms with Gasteiger partial charge in [-0.3, -0.25) is 4.79 Å². The third-order valence-corrected chi connectivity index (χ3v) is 3.25. The maximum Gasteiger partial charge on any atom is 0.257 e. The molecule has 2 N–H and O–H groups in total. The largest absolute Gasteiger partial charge is 0.387 e. The average Bonchev–Trinajstić information content (AvgIpc) is 2.49. The van der Waals surface area contributed by atoms with Crippen molar-refractivity contribution in [2.75, 3.05) is 24.8 Å². The quantitative estimate of drug-likeness (QED) is 0.884. The second kappa shape index (κ2) is 6.90. The van der Waals surface area contributed by atoms with Crippen LogP contribution < -0.4 is 10.6 Å². The molecule has 0 saturated carbocycles. The lowest BCUT2D eigenvalue weighted by Crippen LogP contribution is -2.15. The highest BCUT2D eigenvalue weighted by Gasteiger charge is 2.13. The lowest BCUT2D eigenvalue weighted by Gasteiger charge is -2.13. The molecule has 2 aromatic rings. The van der Waals surface area contributed by atoms with Crippen LogP contribution in [0, 0.1) is 6.92 Å². The third-order valence-electron chi connectivity index (χ3n) is 3.25. The molecule has 0 bridgehead atoms. The van der Waals surface area contributed by atoms with E-state index in [0.717, 1.165) is 22.5 Å². The van der Waals surface area contributed by atoms with E-state index in [9.17, 15) is 4.79 Å². The van der Waals surface area contributed by atoms with Gasteiger partial charge in [0, 0.05) is 31.1 Å². The van der Waals surface area contributed by atoms with E-state index in [2.05, 4.69) is 10.6 Å². The first kappa shape index (κ1) is 15.1. The number of aryl methyl sites for hydroxylation is 1. The highest BCUT2D eigenvalue weighted by molar-refractivity contribution is 6.08. The molecule has 4 nitrogen and oxygen atoms in total. The van der Waals surface area contributed by atoms with Gasteiger partial charge in [0.15, 0.2) is 0 Å². The first-order chi connectivity index (χ1) is 10.2. The molecular weight excluding hydrogens is 264 g/mol. The van der Waals surface area contributed by atoms with Crippen LogP contribution in [0.4, 0.5) is 11.4 Å². The number of rotatable bonds is 5. The second-order valence-corrected chi connectivity index (χ2v) is 4.84. The summed E-state index contributed by atoms with van der Waals surface area (Å²) < 4.78 is 5.16. The van der Waals surface area contributed by atoms with Crippen molar-refractivity contribution in [3.63, 3.8) is 0 Å². The molecule has 0 saturated heterocycles. The lowest BCUT2D eigenvalue weighted by atomic mass is 10.1. The van der Waals surface area contributed by atoms with Gasteiger partial charge in [-0.15, -0.1) is 0 Å². The molecule has 2 rings (SSSR count). The normalized spacial score (nSPS) is 10.2. The summed E-state index contributed by atoms with van der Waals surface area (Å²) in [6, 6.07) is 13.4. The summed E-state index contributed by atoms with van der Waals surface area (Å²) in [5.41, 5.74) is 4.20. The zero-order valence-corrected chi connectivity index (χ0v) is 12.6. The molecule has 0 heterocycles. The summed E-state index contributed by atoms with van der Waals surface area (Å²) in [4.78, 5) is 12.5. The van der Waals surface area contributed by atoms with Crippen molar-refractivity contribution in [3.05, 3.63) is 59.2 Å². The smallest absolute Gasteiger partial charge is 0.257 e. The number of hydrogen-bond donors (Lipinski definition) is 2. The first-order valence-corrected chi connectivity index (χ1v) is 6.82. The number of amides is 1. The molecule has 4 heteroatoms. The van der Waals surface area contributed by atoms with Crippen LogP contribution >= 0.6 is 0 Å². The van der Waals surface area contributed by atoms with Gasteiger partial charge in [-0.1, -0.05) is 29.8 Å². The van der Waals surface area contributed by atoms with E-state index in [1.807, 2.05) is 49.4 Å². The average molecular weight is 284 g/mol. The van der Waals surface area contributed by atoms with Gasteiger partial charge in [0.1, 0.15) is 0 Å². The molecule has 0 aliphatic rings. The monoisotopic (exact) mass is 284 g/mol. The molecule has 0 unspecified atom stereocenters. The maximum atomic E-state index is 12.5. The molecule has 0 radical (unpaired) electrons. The molecular formula is C17H20N2O2. The van der Waals surface area contributed by atoms with Crippen LogP contribution in [0.25, 0.3) is 0 Å². The van der Waals surface area contributed by atoms with E-state index in [1.54, 1.807) is 14.2 Å². The summed E-state index contributed by atoms with van der Waals surface area (Å²) in [6.45, 7) is 2.43. The Labute approximate surface area is 125 Å². The third kappa shape index (κ3) is 3.61. The van der Waals surface area contributed by atoms with Crippen molar-refractivity contribution in [1.82, 2.24) is 0 Å². The number of para-hydroxylation sites is 1. The standard InChI is InChI=1S/C17H20N2O2/c1-12-8-9-16(18-2)14(10-12)17(20)19-15-7-5-4-6-13(15)11-21-3/h4-10,18H,11H2,1-3H3,(H,19,20). The van der Waals surface area contributed by atoms with Crippen LogP contribution in [-0.4, -0.2) is 20.1 Å². The van der Waals surface area contributed by atoms with Crippen LogP contribution in [0.15, 0.2) is 42.5 Å². The second-order valence-electron chi connectivity index (χ2n) is 4.84. The molecule has 0 aliphatic heterocycles. The van der Waals surface area contributed by atoms with E-state index < -0.39 is 0 Å². The Bertz CT molecular complexity index is 638. The fourth-order valence-electron chi connectivity index (χ4n) is 2.18. The van der Waals surface area contributed by atoms with E-state index in [4.69, 9.17) is 4.74 Å². The summed E-state index contributed by atoms with van der Waals surface area (Å²) in [7, 11) is 3.44. The number of carbonyl (C=O) groups excluding carboxylic acids is 1. The highest BCUT2D eigenvalue weighted by atomic mass is 16.5. The fourth-order valence-corrected chi connectivity index (χ4v) is 2.18. The Hall–Kier alpha value is -2.33. The first-order valence-electron chi connectivity index (χ1n) is 6.82. The van der Waals surface area contributed by atoms with Crippen LogP contribution in [0.1, 0.15) is 21.5 Å². The Morgan fingerprint density at radius 2 is 1.90 bits per heavy atom. The number of hydrogen-bond acceptors (Lipinski definition) is 3. The Kier molecular flexibility index (Phi) is 4.95. The minimum absolute atomic E-state index is 0.133. The van der Waals surface area contributed by atoms with Gasteiger partial charge in [0.25, 0.3) is 5.91 Å². The number of methoxy groups -OCH3 is 1. The number of ether oxygens (including phenoxy) is 1. The SMILES string of the molecule is CNc1ccc(C)cc1C(=O)Nc1ccccc1COC. The van der Waals surface area contributed by atoms with E-state index in [-0.39, 0.29) is 5.91 Å². The number of carbonyl (C=O) groups is 1. The van der Waals surface area contributed by atoms with Gasteiger partial charge >= 0.3 is 0 Å². The molecule has 0 fully saturated rings. The van der Waals surface area contributed by atoms with Crippen molar-refractivity contribution < 1.29 is 9.53 Å². The molecule has 0 spiro atoms. The summed E-state index contributed by atoms with van der Waals surface area (Å²) >= 11 is 0. The van der Waals surface area contributed by atoms with E-state index in [0.29, 0.717) is 12.2 Å². The maximum absolute atomic E-state index is 12.5. The predicted octanol–water partition coefficient (Wildman–Crippen LogP) is 3.44. The van der Waals surface area contributed by atoms with Gasteiger partial charge in [0.05, 0.1) is 12.2 Å². The topological polar surface area (TPSA) is 50.4 Å². The predicted molar refractivity (Wildman–Crippen MR) is 85.8 cm³/mol. The van der Waals surface area contributed by atoms with Crippen LogP contribution in [0.5, 0.6) is 0 Å². The summed E-state index contributed by atoms with van der Waals surface area (Å²) in [6.07, 6.45) is 0. The minimum atomic E-state index is -0.133. The van der Waals surface area contributed by atoms with E-state index >= 15 is 0 Å². The van der Waals surface area contributed by atoms with Gasteiger partial charge in [-0.2, -0.15) is 0 Å². The highest BCUT2D eigenvalue weighted by Crippen LogP contribution is 2.21. The molecule has 0 aromatic heterocycles. The molecule has 110 valence electrons. The van der Waals surface area contributed by atoms with Gasteiger partial charge in [-0.05, 0) is 25.1 Å². The minimum Gasteiger partial charge on any atom is -0.387 e. The van der Waals surface area contributed by atoms with Gasteiger partial charge in [0.2, 0.25) is 0 Å². The lowest BCUT2D eigenvalue weighted by molar-refractivity contribution is 0.102. The van der Waals surface area contributed by atoms with Crippen molar-refractivity contribution >= 4 is 17.3 Å². The van der Waals surface area contributed by atoms with Crippen molar-refractivity contribution in [3.8, 4) is 0 Å². The van der Waals surface area contributed by atoms with Gasteiger partial charge in [-0.25, -0.2) is 0 Å². The number of anilines is 2. The summed E-state index contributed by atoms with van der Waals surface area (Å²) in [5.74, 6) is -0.133. The Morgan fingerprint density at radius 1 is 1.14 bits per heavy atom. The Balaban J connectivity index is 2.28.